The van der Waals surface area contributed by atoms with Gasteiger partial charge in [-0.2, -0.15) is 0 Å². The third-order valence-electron chi connectivity index (χ3n) is 1.33. The lowest BCUT2D eigenvalue weighted by molar-refractivity contribution is -0.0193. The molecular formula is C7H10FO6P2+. The Bertz CT molecular complexity index is 366. The first-order valence-corrected chi connectivity index (χ1v) is 6.81. The summed E-state index contributed by atoms with van der Waals surface area (Å²) < 4.78 is 33.8. The topological polar surface area (TPSA) is 104 Å². The van der Waals surface area contributed by atoms with Gasteiger partial charge in [-0.25, -0.2) is 0 Å². The molecule has 16 heavy (non-hydrogen) atoms. The van der Waals surface area contributed by atoms with Crippen molar-refractivity contribution in [2.75, 3.05) is 0 Å². The second kappa shape index (κ2) is 7.57. The molecule has 3 N–H and O–H groups in total. The maximum Gasteiger partial charge on any atom is 0.692 e. The second-order valence-corrected chi connectivity index (χ2v) is 4.84. The monoisotopic (exact) mass is 271 g/mol. The second-order valence-electron chi connectivity index (χ2n) is 2.60. The Morgan fingerprint density at radius 1 is 1.31 bits per heavy atom. The summed E-state index contributed by atoms with van der Waals surface area (Å²) in [4.78, 5) is 23.0. The Kier molecular flexibility index (Phi) is 7.25. The van der Waals surface area contributed by atoms with Crippen LogP contribution in [0.2, 0.25) is 0 Å². The van der Waals surface area contributed by atoms with Gasteiger partial charge in [0.05, 0.1) is 6.16 Å². The van der Waals surface area contributed by atoms with E-state index in [1.165, 1.54) is 0 Å². The van der Waals surface area contributed by atoms with Gasteiger partial charge in [0, 0.05) is 4.57 Å². The standard InChI is InChI=1S/C7H8FO3P.HO3P/c8-11-12(9,10)6-7-4-2-1-3-5-7;1-4(2)3/h1-5H,6H2,(H,9,10);(H-,1,2,3)/p+1. The van der Waals surface area contributed by atoms with Gasteiger partial charge in [0.2, 0.25) is 0 Å². The molecule has 0 amide bonds. The maximum atomic E-state index is 11.4. The molecule has 0 heterocycles. The number of halogens is 1. The summed E-state index contributed by atoms with van der Waals surface area (Å²) in [6, 6.07) is 8.42. The number of hydrogen-bond acceptors (Lipinski definition) is 3. The van der Waals surface area contributed by atoms with Gasteiger partial charge in [-0.3, -0.25) is 4.57 Å². The molecule has 0 saturated carbocycles. The summed E-state index contributed by atoms with van der Waals surface area (Å²) in [5.74, 6) is 0. The fraction of sp³-hybridized carbons (Fsp3) is 0.143. The maximum absolute atomic E-state index is 11.4. The van der Waals surface area contributed by atoms with E-state index in [2.05, 4.69) is 4.73 Å². The van der Waals surface area contributed by atoms with Crippen molar-refractivity contribution in [1.29, 1.82) is 0 Å². The van der Waals surface area contributed by atoms with Gasteiger partial charge >= 0.3 is 15.9 Å². The van der Waals surface area contributed by atoms with Crippen LogP contribution in [0.15, 0.2) is 30.3 Å². The molecule has 0 aliphatic rings. The molecule has 0 saturated heterocycles. The molecule has 0 aromatic heterocycles. The van der Waals surface area contributed by atoms with Crippen molar-refractivity contribution < 1.29 is 33.1 Å². The highest BCUT2D eigenvalue weighted by atomic mass is 31.2. The Labute approximate surface area is 91.7 Å². The molecule has 0 aliphatic carbocycles. The Morgan fingerprint density at radius 3 is 2.12 bits per heavy atom. The molecule has 6 nitrogen and oxygen atoms in total. The fourth-order valence-corrected chi connectivity index (χ4v) is 1.56. The summed E-state index contributed by atoms with van der Waals surface area (Å²) in [5, 5.41) is 0. The van der Waals surface area contributed by atoms with Gasteiger partial charge in [0.25, 0.3) is 0 Å². The van der Waals surface area contributed by atoms with E-state index in [1.54, 1.807) is 30.3 Å². The first kappa shape index (κ1) is 15.3. The van der Waals surface area contributed by atoms with Crippen LogP contribution in [0.5, 0.6) is 0 Å². The highest BCUT2D eigenvalue weighted by Crippen LogP contribution is 2.45. The minimum Gasteiger partial charge on any atom is -0.322 e. The van der Waals surface area contributed by atoms with Gasteiger partial charge in [-0.15, -0.1) is 14.5 Å². The summed E-state index contributed by atoms with van der Waals surface area (Å²) in [6.07, 6.45) is -0.301. The third kappa shape index (κ3) is 8.61. The lowest BCUT2D eigenvalue weighted by Gasteiger charge is -2.03. The minimum absolute atomic E-state index is 0.301. The van der Waals surface area contributed by atoms with E-state index in [0.717, 1.165) is 0 Å². The quantitative estimate of drug-likeness (QED) is 0.725. The van der Waals surface area contributed by atoms with E-state index in [1.807, 2.05) is 0 Å². The summed E-state index contributed by atoms with van der Waals surface area (Å²) in [6.45, 7) is 0. The van der Waals surface area contributed by atoms with Crippen molar-refractivity contribution in [3.05, 3.63) is 35.9 Å². The third-order valence-corrected chi connectivity index (χ3v) is 2.31. The van der Waals surface area contributed by atoms with Crippen LogP contribution < -0.4 is 0 Å². The van der Waals surface area contributed by atoms with Crippen LogP contribution in [0.4, 0.5) is 4.53 Å². The van der Waals surface area contributed by atoms with Gasteiger partial charge in [-0.1, -0.05) is 30.3 Å². The summed E-state index contributed by atoms with van der Waals surface area (Å²) >= 11 is 0. The van der Waals surface area contributed by atoms with Gasteiger partial charge in [0.15, 0.2) is 0 Å². The molecule has 9 heteroatoms. The SMILES string of the molecule is O=P(O)(Cc1ccccc1)OF.O=[P+](O)O. The van der Waals surface area contributed by atoms with Crippen LogP contribution in [0.25, 0.3) is 0 Å². The van der Waals surface area contributed by atoms with Crippen molar-refractivity contribution in [2.45, 2.75) is 6.16 Å². The smallest absolute Gasteiger partial charge is 0.322 e. The Balaban J connectivity index is 0.000000487. The van der Waals surface area contributed by atoms with Crippen LogP contribution in [0.1, 0.15) is 5.56 Å². The predicted molar refractivity (Wildman–Crippen MR) is 54.2 cm³/mol. The van der Waals surface area contributed by atoms with E-state index in [0.29, 0.717) is 5.56 Å². The molecule has 1 atom stereocenters. The average Bonchev–Trinajstić information content (AvgIpc) is 2.18. The van der Waals surface area contributed by atoms with Crippen molar-refractivity contribution in [1.82, 2.24) is 0 Å². The van der Waals surface area contributed by atoms with E-state index >= 15 is 0 Å². The van der Waals surface area contributed by atoms with Gasteiger partial charge < -0.3 is 4.89 Å². The zero-order chi connectivity index (χ0) is 12.6. The average molecular weight is 271 g/mol. The lowest BCUT2D eigenvalue weighted by atomic mass is 10.2. The molecule has 0 bridgehead atoms. The van der Waals surface area contributed by atoms with Crippen molar-refractivity contribution in [3.63, 3.8) is 0 Å². The Morgan fingerprint density at radius 2 is 1.75 bits per heavy atom. The van der Waals surface area contributed by atoms with Crippen molar-refractivity contribution in [2.24, 2.45) is 0 Å². The molecule has 1 aromatic carbocycles. The normalized spacial score (nSPS) is 13.2. The molecule has 0 radical (unpaired) electrons. The van der Waals surface area contributed by atoms with Gasteiger partial charge in [0.1, 0.15) is 0 Å². The molecule has 90 valence electrons. The highest BCUT2D eigenvalue weighted by Gasteiger charge is 2.20. The van der Waals surface area contributed by atoms with Crippen molar-refractivity contribution in [3.8, 4) is 0 Å². The van der Waals surface area contributed by atoms with Crippen LogP contribution in [0, 0.1) is 0 Å². The predicted octanol–water partition coefficient (Wildman–Crippen LogP) is 1.90. The zero-order valence-corrected chi connectivity index (χ0v) is 9.72. The van der Waals surface area contributed by atoms with Gasteiger partial charge in [-0.05, 0) is 10.1 Å². The molecule has 1 rings (SSSR count). The fourth-order valence-electron chi connectivity index (χ4n) is 0.839. The lowest BCUT2D eigenvalue weighted by Crippen LogP contribution is -1.86. The first-order valence-electron chi connectivity index (χ1n) is 3.88. The Hall–Kier alpha value is -0.680. The van der Waals surface area contributed by atoms with Crippen LogP contribution >= 0.6 is 15.9 Å². The molecule has 0 aliphatic heterocycles. The molecule has 0 fully saturated rings. The van der Waals surface area contributed by atoms with E-state index in [-0.39, 0.29) is 6.16 Å². The van der Waals surface area contributed by atoms with E-state index in [4.69, 9.17) is 19.2 Å². The number of benzene rings is 1. The van der Waals surface area contributed by atoms with Crippen molar-refractivity contribution >= 4 is 15.9 Å². The number of rotatable bonds is 3. The molecular weight excluding hydrogens is 261 g/mol. The molecule has 0 spiro atoms. The minimum atomic E-state index is -4.06. The summed E-state index contributed by atoms with van der Waals surface area (Å²) in [7, 11) is -6.93. The van der Waals surface area contributed by atoms with Crippen LogP contribution in [-0.2, 0) is 20.0 Å². The zero-order valence-electron chi connectivity index (χ0n) is 7.93. The number of hydrogen-bond donors (Lipinski definition) is 3. The molecule has 1 unspecified atom stereocenters. The molecule has 1 aromatic rings. The van der Waals surface area contributed by atoms with Crippen LogP contribution in [-0.4, -0.2) is 14.7 Å². The largest absolute Gasteiger partial charge is 0.692 e. The first-order chi connectivity index (χ1) is 7.37. The highest BCUT2D eigenvalue weighted by molar-refractivity contribution is 7.51. The summed E-state index contributed by atoms with van der Waals surface area (Å²) in [5.41, 5.74) is 0.570. The van der Waals surface area contributed by atoms with E-state index in [9.17, 15) is 9.09 Å². The van der Waals surface area contributed by atoms with Crippen LogP contribution in [0.3, 0.4) is 0 Å². The van der Waals surface area contributed by atoms with E-state index < -0.39 is 15.9 Å².